The van der Waals surface area contributed by atoms with Crippen molar-refractivity contribution in [2.75, 3.05) is 4.90 Å². The topological polar surface area (TPSA) is 77.8 Å². The monoisotopic (exact) mass is 427 g/mol. The molecule has 3 rings (SSSR count). The van der Waals surface area contributed by atoms with Crippen molar-refractivity contribution in [1.82, 2.24) is 0 Å². The first-order valence-electron chi connectivity index (χ1n) is 10.6. The van der Waals surface area contributed by atoms with E-state index >= 15 is 0 Å². The number of aliphatic hydroxyl groups is 1. The fraction of sp³-hybridized carbons (Fsp3) is 0.417. The Morgan fingerprint density at radius 2 is 2.00 bits per heavy atom. The third-order valence-electron chi connectivity index (χ3n) is 5.44. The Kier molecular flexibility index (Phi) is 7.82. The molecule has 1 saturated heterocycles. The van der Waals surface area contributed by atoms with Crippen molar-refractivity contribution < 1.29 is 19.8 Å². The molecule has 6 heteroatoms. The van der Waals surface area contributed by atoms with Crippen LogP contribution in [0.1, 0.15) is 71.7 Å². The van der Waals surface area contributed by atoms with Crippen molar-refractivity contribution in [3.05, 3.63) is 63.9 Å². The normalized spacial score (nSPS) is 17.7. The molecule has 0 spiro atoms. The maximum atomic E-state index is 12.5. The van der Waals surface area contributed by atoms with Crippen LogP contribution in [0, 0.1) is 0 Å². The molecule has 0 aliphatic carbocycles. The lowest BCUT2D eigenvalue weighted by Crippen LogP contribution is -2.31. The van der Waals surface area contributed by atoms with Gasteiger partial charge in [-0.3, -0.25) is 4.79 Å². The van der Waals surface area contributed by atoms with Gasteiger partial charge in [0.05, 0.1) is 12.1 Å². The van der Waals surface area contributed by atoms with Gasteiger partial charge in [-0.2, -0.15) is 0 Å². The molecule has 2 heterocycles. The lowest BCUT2D eigenvalue weighted by atomic mass is 10.0. The fourth-order valence-electron chi connectivity index (χ4n) is 3.78. The zero-order valence-corrected chi connectivity index (χ0v) is 18.1. The quantitative estimate of drug-likeness (QED) is 0.395. The van der Waals surface area contributed by atoms with Crippen LogP contribution < -0.4 is 4.90 Å². The Morgan fingerprint density at radius 3 is 2.67 bits per heavy atom. The van der Waals surface area contributed by atoms with Crippen molar-refractivity contribution in [1.29, 1.82) is 0 Å². The second-order valence-corrected chi connectivity index (χ2v) is 8.84. The highest BCUT2D eigenvalue weighted by atomic mass is 32.1. The summed E-state index contributed by atoms with van der Waals surface area (Å²) in [5, 5.41) is 19.4. The summed E-state index contributed by atoms with van der Waals surface area (Å²) in [6.07, 6.45) is 9.54. The van der Waals surface area contributed by atoms with E-state index in [2.05, 4.69) is 6.92 Å². The lowest BCUT2D eigenvalue weighted by molar-refractivity contribution is -0.117. The Morgan fingerprint density at radius 1 is 1.23 bits per heavy atom. The fourth-order valence-corrected chi connectivity index (χ4v) is 4.60. The predicted octanol–water partition coefficient (Wildman–Crippen LogP) is 5.35. The number of hydrogen-bond donors (Lipinski definition) is 2. The molecule has 5 nitrogen and oxygen atoms in total. The van der Waals surface area contributed by atoms with Gasteiger partial charge in [0.15, 0.2) is 0 Å². The number of anilines is 1. The van der Waals surface area contributed by atoms with Crippen LogP contribution in [-0.2, 0) is 11.2 Å². The molecule has 0 bridgehead atoms. The minimum atomic E-state index is -0.901. The van der Waals surface area contributed by atoms with Crippen LogP contribution in [0.2, 0.25) is 0 Å². The third-order valence-corrected chi connectivity index (χ3v) is 6.54. The van der Waals surface area contributed by atoms with Crippen LogP contribution in [0.25, 0.3) is 0 Å². The van der Waals surface area contributed by atoms with Crippen molar-refractivity contribution in [3.63, 3.8) is 0 Å². The average molecular weight is 428 g/mol. The van der Waals surface area contributed by atoms with Crippen LogP contribution in [-0.4, -0.2) is 28.1 Å². The molecular weight excluding hydrogens is 398 g/mol. The molecule has 1 aliphatic rings. The molecule has 0 unspecified atom stereocenters. The maximum Gasteiger partial charge on any atom is 0.345 e. The van der Waals surface area contributed by atoms with E-state index in [1.165, 1.54) is 11.3 Å². The number of amides is 1. The van der Waals surface area contributed by atoms with E-state index in [1.807, 2.05) is 47.4 Å². The van der Waals surface area contributed by atoms with Crippen LogP contribution in [0.4, 0.5) is 5.69 Å². The van der Waals surface area contributed by atoms with Crippen molar-refractivity contribution >= 4 is 28.9 Å². The van der Waals surface area contributed by atoms with Crippen LogP contribution in [0.5, 0.6) is 0 Å². The number of benzene rings is 1. The first-order chi connectivity index (χ1) is 14.5. The van der Waals surface area contributed by atoms with Crippen molar-refractivity contribution in [2.24, 2.45) is 0 Å². The van der Waals surface area contributed by atoms with E-state index < -0.39 is 12.1 Å². The van der Waals surface area contributed by atoms with Crippen LogP contribution >= 0.6 is 11.3 Å². The van der Waals surface area contributed by atoms with Gasteiger partial charge in [0.2, 0.25) is 5.91 Å². The standard InChI is InChI=1S/C24H29NO4S/c1-2-3-4-8-21(26)17-9-11-19(12-10-17)25-18(13-16-23(25)27)6-5-7-20-14-15-22(30-20)24(28)29/h5-6,9-12,14-15,18,21,26H,2-4,7-8,13,16H2,1H3,(H,28,29)/t18-,21-/m0/s1. The molecule has 1 fully saturated rings. The van der Waals surface area contributed by atoms with Gasteiger partial charge in [0, 0.05) is 17.0 Å². The van der Waals surface area contributed by atoms with Gasteiger partial charge in [-0.15, -0.1) is 11.3 Å². The zero-order valence-electron chi connectivity index (χ0n) is 17.3. The number of hydrogen-bond acceptors (Lipinski definition) is 4. The predicted molar refractivity (Wildman–Crippen MR) is 120 cm³/mol. The van der Waals surface area contributed by atoms with Crippen LogP contribution in [0.3, 0.4) is 0 Å². The molecule has 30 heavy (non-hydrogen) atoms. The number of carboxylic acids is 1. The number of thiophene rings is 1. The largest absolute Gasteiger partial charge is 0.477 e. The highest BCUT2D eigenvalue weighted by Crippen LogP contribution is 2.30. The number of aliphatic hydroxyl groups excluding tert-OH is 1. The van der Waals surface area contributed by atoms with E-state index in [1.54, 1.807) is 6.07 Å². The molecule has 2 atom stereocenters. The van der Waals surface area contributed by atoms with E-state index in [4.69, 9.17) is 5.11 Å². The summed E-state index contributed by atoms with van der Waals surface area (Å²) < 4.78 is 0. The van der Waals surface area contributed by atoms with Crippen molar-refractivity contribution in [3.8, 4) is 0 Å². The van der Waals surface area contributed by atoms with Crippen LogP contribution in [0.15, 0.2) is 48.6 Å². The second kappa shape index (κ2) is 10.5. The molecule has 0 radical (unpaired) electrons. The summed E-state index contributed by atoms with van der Waals surface area (Å²) in [7, 11) is 0. The summed E-state index contributed by atoms with van der Waals surface area (Å²) in [4.78, 5) is 26.6. The van der Waals surface area contributed by atoms with Gasteiger partial charge in [0.25, 0.3) is 0 Å². The Hall–Kier alpha value is -2.44. The average Bonchev–Trinajstić information content (AvgIpc) is 3.35. The second-order valence-electron chi connectivity index (χ2n) is 7.68. The summed E-state index contributed by atoms with van der Waals surface area (Å²) in [5.41, 5.74) is 1.74. The molecule has 1 amide bonds. The molecule has 2 N–H and O–H groups in total. The Balaban J connectivity index is 1.63. The molecule has 1 aromatic heterocycles. The van der Waals surface area contributed by atoms with Gasteiger partial charge >= 0.3 is 5.97 Å². The van der Waals surface area contributed by atoms with E-state index in [-0.39, 0.29) is 11.9 Å². The first-order valence-corrected chi connectivity index (χ1v) is 11.4. The molecule has 0 saturated carbocycles. The number of nitrogens with zero attached hydrogens (tertiary/aromatic N) is 1. The van der Waals surface area contributed by atoms with E-state index in [0.29, 0.717) is 17.7 Å². The summed E-state index contributed by atoms with van der Waals surface area (Å²) in [5.74, 6) is -0.799. The van der Waals surface area contributed by atoms with E-state index in [0.717, 1.165) is 48.2 Å². The van der Waals surface area contributed by atoms with Gasteiger partial charge < -0.3 is 15.1 Å². The summed E-state index contributed by atoms with van der Waals surface area (Å²) in [6, 6.07) is 11.1. The van der Waals surface area contributed by atoms with Crippen molar-refractivity contribution in [2.45, 2.75) is 64.0 Å². The molecular formula is C24H29NO4S. The number of carbonyl (C=O) groups excluding carboxylic acids is 1. The molecule has 1 aromatic carbocycles. The van der Waals surface area contributed by atoms with Gasteiger partial charge in [-0.25, -0.2) is 4.79 Å². The number of allylic oxidation sites excluding steroid dienone is 1. The number of carbonyl (C=O) groups is 2. The van der Waals surface area contributed by atoms with Gasteiger partial charge in [-0.1, -0.05) is 50.5 Å². The maximum absolute atomic E-state index is 12.5. The van der Waals surface area contributed by atoms with Gasteiger partial charge in [-0.05, 0) is 49.1 Å². The third kappa shape index (κ3) is 5.58. The Bertz CT molecular complexity index is 887. The zero-order chi connectivity index (χ0) is 21.5. The minimum Gasteiger partial charge on any atom is -0.477 e. The SMILES string of the molecule is CCCCC[C@H](O)c1ccc(N2C(=O)CC[C@@H]2C=CCc2ccc(C(=O)O)s2)cc1. The smallest absolute Gasteiger partial charge is 0.345 e. The molecule has 1 aliphatic heterocycles. The molecule has 160 valence electrons. The highest BCUT2D eigenvalue weighted by Gasteiger charge is 2.30. The number of rotatable bonds is 10. The number of unbranched alkanes of at least 4 members (excludes halogenated alkanes) is 2. The lowest BCUT2D eigenvalue weighted by Gasteiger charge is -2.23. The summed E-state index contributed by atoms with van der Waals surface area (Å²) in [6.45, 7) is 2.15. The Labute approximate surface area is 181 Å². The highest BCUT2D eigenvalue weighted by molar-refractivity contribution is 7.13. The molecule has 2 aromatic rings. The summed E-state index contributed by atoms with van der Waals surface area (Å²) >= 11 is 1.28. The van der Waals surface area contributed by atoms with E-state index in [9.17, 15) is 14.7 Å². The van der Waals surface area contributed by atoms with Gasteiger partial charge in [0.1, 0.15) is 4.88 Å². The number of aromatic carboxylic acids is 1. The number of carboxylic acid groups (broad SMARTS) is 1. The first kappa shape index (κ1) is 22.2. The minimum absolute atomic E-state index is 0.00302.